The molecule has 0 bridgehead atoms. The SMILES string of the molecule is CCCCCCCCCCCCCCCCCC(F)(CCCCCCCCCCCCCCC)P(=O)(O)O. The van der Waals surface area contributed by atoms with Gasteiger partial charge >= 0.3 is 7.60 Å². The fraction of sp³-hybridized carbons (Fsp3) is 1.00. The highest BCUT2D eigenvalue weighted by Crippen LogP contribution is 2.57. The Morgan fingerprint density at radius 3 is 0.789 bits per heavy atom. The Kier molecular flexibility index (Phi) is 27.3. The van der Waals surface area contributed by atoms with Crippen molar-refractivity contribution < 1.29 is 18.7 Å². The molecule has 0 aromatic heterocycles. The molecule has 0 saturated carbocycles. The molecule has 0 aliphatic heterocycles. The standard InChI is InChI=1S/C33H68FO3P/c1-3-5-7-9-11-13-15-17-18-20-22-24-26-28-30-32-33(34,38(35,36)37)31-29-27-25-23-21-19-16-14-12-10-8-6-4-2/h3-32H2,1-2H3,(H2,35,36,37). The van der Waals surface area contributed by atoms with Crippen LogP contribution < -0.4 is 0 Å². The van der Waals surface area contributed by atoms with Crippen molar-refractivity contribution in [1.29, 1.82) is 0 Å². The maximum Gasteiger partial charge on any atom is 0.362 e. The first-order chi connectivity index (χ1) is 18.4. The van der Waals surface area contributed by atoms with Gasteiger partial charge in [-0.2, -0.15) is 0 Å². The number of unbranched alkanes of at least 4 members (excludes halogenated alkanes) is 26. The lowest BCUT2D eigenvalue weighted by atomic mass is 10.0. The van der Waals surface area contributed by atoms with E-state index in [9.17, 15) is 14.4 Å². The Labute approximate surface area is 238 Å². The van der Waals surface area contributed by atoms with E-state index in [1.165, 1.54) is 128 Å². The van der Waals surface area contributed by atoms with Crippen LogP contribution in [0.3, 0.4) is 0 Å². The third kappa shape index (κ3) is 23.9. The highest BCUT2D eigenvalue weighted by atomic mass is 31.2. The van der Waals surface area contributed by atoms with Gasteiger partial charge in [-0.25, -0.2) is 4.39 Å². The molecule has 1 atom stereocenters. The molecule has 0 heterocycles. The quantitative estimate of drug-likeness (QED) is 0.0652. The molecule has 38 heavy (non-hydrogen) atoms. The van der Waals surface area contributed by atoms with E-state index in [1.807, 2.05) is 0 Å². The van der Waals surface area contributed by atoms with Crippen molar-refractivity contribution in [2.75, 3.05) is 0 Å². The topological polar surface area (TPSA) is 57.5 Å². The van der Waals surface area contributed by atoms with Crippen LogP contribution in [0.2, 0.25) is 0 Å². The van der Waals surface area contributed by atoms with Gasteiger partial charge < -0.3 is 9.79 Å². The van der Waals surface area contributed by atoms with Crippen molar-refractivity contribution >= 4 is 7.60 Å². The first-order valence-corrected chi connectivity index (χ1v) is 18.7. The zero-order valence-corrected chi connectivity index (χ0v) is 26.7. The van der Waals surface area contributed by atoms with Gasteiger partial charge in [0.2, 0.25) is 5.41 Å². The van der Waals surface area contributed by atoms with E-state index in [4.69, 9.17) is 0 Å². The second-order valence-corrected chi connectivity index (χ2v) is 14.0. The largest absolute Gasteiger partial charge is 0.362 e. The lowest BCUT2D eigenvalue weighted by Gasteiger charge is -2.26. The van der Waals surface area contributed by atoms with E-state index in [0.29, 0.717) is 12.8 Å². The van der Waals surface area contributed by atoms with Gasteiger partial charge in [-0.3, -0.25) is 4.57 Å². The molecule has 0 amide bonds. The van der Waals surface area contributed by atoms with Crippen LogP contribution in [0, 0.1) is 0 Å². The minimum absolute atomic E-state index is 0.00758. The molecule has 1 unspecified atom stereocenters. The molecule has 0 spiro atoms. The molecule has 0 fully saturated rings. The number of hydrogen-bond acceptors (Lipinski definition) is 1. The van der Waals surface area contributed by atoms with Crippen molar-refractivity contribution in [3.05, 3.63) is 0 Å². The van der Waals surface area contributed by atoms with Gasteiger partial charge in [-0.1, -0.05) is 181 Å². The van der Waals surface area contributed by atoms with E-state index in [0.717, 1.165) is 38.5 Å². The van der Waals surface area contributed by atoms with Crippen LogP contribution in [-0.4, -0.2) is 15.2 Å². The van der Waals surface area contributed by atoms with Gasteiger partial charge in [0.15, 0.2) is 0 Å². The summed E-state index contributed by atoms with van der Waals surface area (Å²) in [7, 11) is -4.73. The van der Waals surface area contributed by atoms with Crippen molar-refractivity contribution in [2.45, 2.75) is 212 Å². The summed E-state index contributed by atoms with van der Waals surface area (Å²) in [6.07, 6.45) is 34.1. The minimum Gasteiger partial charge on any atom is -0.322 e. The number of hydrogen-bond donors (Lipinski definition) is 2. The summed E-state index contributed by atoms with van der Waals surface area (Å²) in [5.41, 5.74) is 0. The van der Waals surface area contributed by atoms with Crippen LogP contribution in [0.25, 0.3) is 0 Å². The first kappa shape index (κ1) is 38.1. The Morgan fingerprint density at radius 1 is 0.421 bits per heavy atom. The van der Waals surface area contributed by atoms with Crippen LogP contribution in [0.1, 0.15) is 206 Å². The molecule has 2 N–H and O–H groups in total. The molecule has 5 heteroatoms. The molecule has 0 saturated heterocycles. The molecule has 0 aromatic rings. The predicted molar refractivity (Wildman–Crippen MR) is 166 cm³/mol. The average molecular weight is 563 g/mol. The van der Waals surface area contributed by atoms with E-state index < -0.39 is 13.0 Å². The van der Waals surface area contributed by atoms with Crippen molar-refractivity contribution in [3.8, 4) is 0 Å². The third-order valence-electron chi connectivity index (χ3n) is 8.35. The number of rotatable bonds is 31. The second-order valence-electron chi connectivity index (χ2n) is 12.2. The molecule has 230 valence electrons. The van der Waals surface area contributed by atoms with E-state index in [-0.39, 0.29) is 12.8 Å². The summed E-state index contributed by atoms with van der Waals surface area (Å²) in [6, 6.07) is 0. The molecule has 0 aliphatic rings. The average Bonchev–Trinajstić information content (AvgIpc) is 2.88. The third-order valence-corrected chi connectivity index (χ3v) is 9.84. The summed E-state index contributed by atoms with van der Waals surface area (Å²) < 4.78 is 27.1. The summed E-state index contributed by atoms with van der Waals surface area (Å²) >= 11 is 0. The second kappa shape index (κ2) is 27.3. The highest BCUT2D eigenvalue weighted by Gasteiger charge is 2.46. The first-order valence-electron chi connectivity index (χ1n) is 17.1. The zero-order chi connectivity index (χ0) is 28.2. The molecular formula is C33H68FO3P. The summed E-state index contributed by atoms with van der Waals surface area (Å²) in [6.45, 7) is 4.51. The molecule has 0 aliphatic carbocycles. The van der Waals surface area contributed by atoms with Gasteiger partial charge in [0.05, 0.1) is 0 Å². The smallest absolute Gasteiger partial charge is 0.322 e. The van der Waals surface area contributed by atoms with Crippen molar-refractivity contribution in [3.63, 3.8) is 0 Å². The fourth-order valence-electron chi connectivity index (χ4n) is 5.60. The van der Waals surface area contributed by atoms with Gasteiger partial charge in [0.1, 0.15) is 0 Å². The lowest BCUT2D eigenvalue weighted by Crippen LogP contribution is -2.23. The Morgan fingerprint density at radius 2 is 0.605 bits per heavy atom. The fourth-order valence-corrected chi connectivity index (χ4v) is 6.50. The minimum atomic E-state index is -4.73. The number of halogens is 1. The highest BCUT2D eigenvalue weighted by molar-refractivity contribution is 7.53. The summed E-state index contributed by atoms with van der Waals surface area (Å²) in [5, 5.41) is -2.32. The zero-order valence-electron chi connectivity index (χ0n) is 25.8. The summed E-state index contributed by atoms with van der Waals surface area (Å²) in [4.78, 5) is 19.4. The molecular weight excluding hydrogens is 494 g/mol. The van der Waals surface area contributed by atoms with Gasteiger partial charge in [-0.05, 0) is 25.7 Å². The molecule has 0 rings (SSSR count). The summed E-state index contributed by atoms with van der Waals surface area (Å²) in [5.74, 6) is 0. The monoisotopic (exact) mass is 562 g/mol. The Hall–Kier alpha value is 0.0800. The van der Waals surface area contributed by atoms with E-state index >= 15 is 4.39 Å². The molecule has 0 radical (unpaired) electrons. The van der Waals surface area contributed by atoms with Crippen LogP contribution in [0.4, 0.5) is 4.39 Å². The predicted octanol–water partition coefficient (Wildman–Crippen LogP) is 12.6. The Bertz CT molecular complexity index is 524. The molecule has 3 nitrogen and oxygen atoms in total. The van der Waals surface area contributed by atoms with Gasteiger partial charge in [-0.15, -0.1) is 0 Å². The van der Waals surface area contributed by atoms with E-state index in [2.05, 4.69) is 13.8 Å². The lowest BCUT2D eigenvalue weighted by molar-refractivity contribution is 0.170. The maximum absolute atomic E-state index is 15.2. The Balaban J connectivity index is 3.68. The van der Waals surface area contributed by atoms with Crippen LogP contribution >= 0.6 is 7.60 Å². The van der Waals surface area contributed by atoms with Crippen LogP contribution in [0.5, 0.6) is 0 Å². The maximum atomic E-state index is 15.2. The van der Waals surface area contributed by atoms with Crippen LogP contribution in [0.15, 0.2) is 0 Å². The number of alkyl halides is 1. The van der Waals surface area contributed by atoms with Crippen molar-refractivity contribution in [1.82, 2.24) is 0 Å². The van der Waals surface area contributed by atoms with E-state index in [1.54, 1.807) is 0 Å². The van der Waals surface area contributed by atoms with Crippen molar-refractivity contribution in [2.24, 2.45) is 0 Å². The van der Waals surface area contributed by atoms with Gasteiger partial charge in [0.25, 0.3) is 0 Å². The van der Waals surface area contributed by atoms with Gasteiger partial charge in [0, 0.05) is 0 Å². The normalized spacial score (nSPS) is 13.7. The molecule has 0 aromatic carbocycles. The van der Waals surface area contributed by atoms with Crippen LogP contribution in [-0.2, 0) is 4.57 Å².